The first-order valence-electron chi connectivity index (χ1n) is 6.40. The van der Waals surface area contributed by atoms with Crippen molar-refractivity contribution in [3.05, 3.63) is 41.5 Å². The molecule has 0 fully saturated rings. The number of pyridine rings is 1. The van der Waals surface area contributed by atoms with Gasteiger partial charge >= 0.3 is 0 Å². The molecule has 0 saturated heterocycles. The predicted molar refractivity (Wildman–Crippen MR) is 72.2 cm³/mol. The normalized spacial score (nSPS) is 12.7. The highest BCUT2D eigenvalue weighted by atomic mass is 19.2. The fraction of sp³-hybridized carbons (Fsp3) is 0.385. The number of halogens is 4. The van der Waals surface area contributed by atoms with Gasteiger partial charge in [-0.05, 0) is 14.1 Å². The number of hydrogen-bond acceptors (Lipinski definition) is 4. The van der Waals surface area contributed by atoms with Crippen molar-refractivity contribution >= 4 is 5.69 Å². The second kappa shape index (κ2) is 6.30. The fourth-order valence-corrected chi connectivity index (χ4v) is 2.05. The molecule has 0 aliphatic rings. The van der Waals surface area contributed by atoms with Crippen LogP contribution in [-0.4, -0.2) is 40.3 Å². The molecular weight excluding hydrogens is 302 g/mol. The van der Waals surface area contributed by atoms with Gasteiger partial charge in [-0.25, -0.2) is 0 Å². The van der Waals surface area contributed by atoms with Crippen LogP contribution in [0.2, 0.25) is 0 Å². The van der Waals surface area contributed by atoms with Crippen LogP contribution >= 0.6 is 0 Å². The highest BCUT2D eigenvalue weighted by Gasteiger charge is 2.23. The molecule has 2 rings (SSSR count). The largest absolute Gasteiger partial charge is 0.378 e. The molecule has 5 nitrogen and oxygen atoms in total. The maximum Gasteiger partial charge on any atom is 0.253 e. The van der Waals surface area contributed by atoms with Crippen LogP contribution in [0.25, 0.3) is 0 Å². The highest BCUT2D eigenvalue weighted by molar-refractivity contribution is 5.45. The van der Waals surface area contributed by atoms with Crippen molar-refractivity contribution in [2.45, 2.75) is 6.04 Å². The zero-order valence-corrected chi connectivity index (χ0v) is 12.2. The van der Waals surface area contributed by atoms with E-state index >= 15 is 0 Å². The van der Waals surface area contributed by atoms with Crippen LogP contribution < -0.4 is 5.32 Å². The Morgan fingerprint density at radius 3 is 2.23 bits per heavy atom. The topological polar surface area (TPSA) is 46.0 Å². The van der Waals surface area contributed by atoms with Crippen molar-refractivity contribution in [1.82, 2.24) is 19.7 Å². The number of anilines is 1. The summed E-state index contributed by atoms with van der Waals surface area (Å²) in [5, 5.41) is 6.43. The summed E-state index contributed by atoms with van der Waals surface area (Å²) in [6.45, 7) is 0.0232. The van der Waals surface area contributed by atoms with E-state index in [0.717, 1.165) is 5.56 Å². The molecule has 22 heavy (non-hydrogen) atoms. The number of likely N-dealkylation sites (N-methyl/N-ethyl adjacent to an activating group) is 1. The lowest BCUT2D eigenvalue weighted by Gasteiger charge is -2.24. The molecule has 2 aromatic heterocycles. The molecule has 0 amide bonds. The summed E-state index contributed by atoms with van der Waals surface area (Å²) in [6.07, 6.45) is 3.35. The molecule has 1 atom stereocenters. The number of nitrogens with one attached hydrogen (secondary N) is 1. The Kier molecular flexibility index (Phi) is 4.65. The second-order valence-corrected chi connectivity index (χ2v) is 5.00. The molecule has 0 radical (unpaired) electrons. The van der Waals surface area contributed by atoms with E-state index < -0.39 is 29.2 Å². The molecule has 0 saturated carbocycles. The summed E-state index contributed by atoms with van der Waals surface area (Å²) >= 11 is 0. The van der Waals surface area contributed by atoms with Crippen LogP contribution in [0.4, 0.5) is 23.2 Å². The Hall–Kier alpha value is -2.16. The molecule has 0 spiro atoms. The molecule has 0 bridgehead atoms. The van der Waals surface area contributed by atoms with Crippen molar-refractivity contribution in [2.24, 2.45) is 7.05 Å². The van der Waals surface area contributed by atoms with Crippen molar-refractivity contribution < 1.29 is 17.6 Å². The number of aryl methyl sites for hydroxylation is 1. The standard InChI is InChI=1S/C13H15F4N5/c1-21(2)8(7-4-19-22(3)6-7)5-18-11-9(14)12(16)20-13(17)10(11)15/h4,6,8H,5H2,1-3H3,(H,18,20). The molecule has 9 heteroatoms. The average Bonchev–Trinajstić information content (AvgIpc) is 2.86. The minimum atomic E-state index is -1.69. The summed E-state index contributed by atoms with van der Waals surface area (Å²) in [5.74, 6) is -6.49. The Bertz CT molecular complexity index is 644. The summed E-state index contributed by atoms with van der Waals surface area (Å²) in [5.41, 5.74) is -0.0865. The van der Waals surface area contributed by atoms with Gasteiger partial charge in [-0.1, -0.05) is 0 Å². The zero-order valence-electron chi connectivity index (χ0n) is 12.2. The lowest BCUT2D eigenvalue weighted by atomic mass is 10.1. The van der Waals surface area contributed by atoms with Gasteiger partial charge < -0.3 is 10.2 Å². The lowest BCUT2D eigenvalue weighted by molar-refractivity contribution is 0.310. The van der Waals surface area contributed by atoms with Crippen molar-refractivity contribution in [3.8, 4) is 0 Å². The number of rotatable bonds is 5. The lowest BCUT2D eigenvalue weighted by Crippen LogP contribution is -2.27. The SMILES string of the molecule is CN(C)C(CNc1c(F)c(F)nc(F)c1F)c1cnn(C)c1. The van der Waals surface area contributed by atoms with Crippen molar-refractivity contribution in [2.75, 3.05) is 26.0 Å². The van der Waals surface area contributed by atoms with Gasteiger partial charge in [-0.2, -0.15) is 27.6 Å². The quantitative estimate of drug-likeness (QED) is 0.677. The molecule has 1 unspecified atom stereocenters. The summed E-state index contributed by atoms with van der Waals surface area (Å²) in [7, 11) is 5.26. The molecule has 0 aromatic carbocycles. The van der Waals surface area contributed by atoms with Crippen molar-refractivity contribution in [3.63, 3.8) is 0 Å². The summed E-state index contributed by atoms with van der Waals surface area (Å²) in [6, 6.07) is -0.299. The number of aromatic nitrogens is 3. The molecule has 2 aromatic rings. The van der Waals surface area contributed by atoms with Gasteiger partial charge in [-0.3, -0.25) is 4.68 Å². The van der Waals surface area contributed by atoms with Gasteiger partial charge in [0.25, 0.3) is 11.9 Å². The highest BCUT2D eigenvalue weighted by Crippen LogP contribution is 2.24. The molecule has 120 valence electrons. The van der Waals surface area contributed by atoms with E-state index in [4.69, 9.17) is 0 Å². The third-order valence-corrected chi connectivity index (χ3v) is 3.20. The molecule has 2 heterocycles. The van der Waals surface area contributed by atoms with Crippen LogP contribution in [0.15, 0.2) is 12.4 Å². The molecular formula is C13H15F4N5. The maximum absolute atomic E-state index is 13.6. The Balaban J connectivity index is 2.24. The molecule has 1 N–H and O–H groups in total. The molecule has 0 aliphatic heterocycles. The van der Waals surface area contributed by atoms with Gasteiger partial charge in [0.2, 0.25) is 11.6 Å². The molecule has 0 aliphatic carbocycles. The van der Waals surface area contributed by atoms with E-state index in [0.29, 0.717) is 0 Å². The first kappa shape index (κ1) is 16.2. The smallest absolute Gasteiger partial charge is 0.253 e. The van der Waals surface area contributed by atoms with Gasteiger partial charge in [-0.15, -0.1) is 0 Å². The second-order valence-electron chi connectivity index (χ2n) is 5.00. The third-order valence-electron chi connectivity index (χ3n) is 3.20. The van der Waals surface area contributed by atoms with Gasteiger partial charge in [0.1, 0.15) is 5.69 Å². The van der Waals surface area contributed by atoms with Crippen LogP contribution in [-0.2, 0) is 7.05 Å². The maximum atomic E-state index is 13.6. The third kappa shape index (κ3) is 3.19. The Labute approximate surface area is 124 Å². The average molecular weight is 317 g/mol. The van der Waals surface area contributed by atoms with Crippen LogP contribution in [0, 0.1) is 23.5 Å². The van der Waals surface area contributed by atoms with Gasteiger partial charge in [0.05, 0.1) is 12.2 Å². The Morgan fingerprint density at radius 1 is 1.18 bits per heavy atom. The minimum Gasteiger partial charge on any atom is -0.378 e. The van der Waals surface area contributed by atoms with E-state index in [1.54, 1.807) is 43.1 Å². The minimum absolute atomic E-state index is 0.0232. The van der Waals surface area contributed by atoms with E-state index in [1.807, 2.05) is 0 Å². The van der Waals surface area contributed by atoms with E-state index in [2.05, 4.69) is 15.4 Å². The van der Waals surface area contributed by atoms with E-state index in [1.165, 1.54) is 0 Å². The predicted octanol–water partition coefficient (Wildman–Crippen LogP) is 2.09. The van der Waals surface area contributed by atoms with Gasteiger partial charge in [0.15, 0.2) is 0 Å². The van der Waals surface area contributed by atoms with Gasteiger partial charge in [0, 0.05) is 25.4 Å². The van der Waals surface area contributed by atoms with E-state index in [9.17, 15) is 17.6 Å². The first-order chi connectivity index (χ1) is 10.3. The summed E-state index contributed by atoms with van der Waals surface area (Å²) < 4.78 is 54.9. The van der Waals surface area contributed by atoms with Crippen LogP contribution in [0.5, 0.6) is 0 Å². The first-order valence-corrected chi connectivity index (χ1v) is 6.40. The van der Waals surface area contributed by atoms with Crippen LogP contribution in [0.3, 0.4) is 0 Å². The monoisotopic (exact) mass is 317 g/mol. The van der Waals surface area contributed by atoms with Crippen molar-refractivity contribution in [1.29, 1.82) is 0 Å². The van der Waals surface area contributed by atoms with Crippen LogP contribution in [0.1, 0.15) is 11.6 Å². The fourth-order valence-electron chi connectivity index (χ4n) is 2.05. The van der Waals surface area contributed by atoms with E-state index in [-0.39, 0.29) is 12.6 Å². The summed E-state index contributed by atoms with van der Waals surface area (Å²) in [4.78, 5) is 4.30. The number of hydrogen-bond donors (Lipinski definition) is 1. The number of nitrogens with zero attached hydrogens (tertiary/aromatic N) is 4. The Morgan fingerprint density at radius 2 is 1.77 bits per heavy atom. The zero-order chi connectivity index (χ0) is 16.4.